The number of fused-ring (bicyclic) bond motifs is 7. The van der Waals surface area contributed by atoms with Crippen molar-refractivity contribution in [3.63, 3.8) is 0 Å². The lowest BCUT2D eigenvalue weighted by molar-refractivity contribution is 0.670. The minimum atomic E-state index is 0.909. The molecule has 0 saturated heterocycles. The largest absolute Gasteiger partial charge is 0.455 e. The summed E-state index contributed by atoms with van der Waals surface area (Å²) in [5.41, 5.74) is 14.0. The topological polar surface area (TPSA) is 35.9 Å². The highest BCUT2D eigenvalue weighted by molar-refractivity contribution is 6.13. The summed E-state index contributed by atoms with van der Waals surface area (Å²) in [7, 11) is 0. The van der Waals surface area contributed by atoms with E-state index in [0.29, 0.717) is 0 Å². The molecule has 0 aliphatic rings. The van der Waals surface area contributed by atoms with E-state index in [1.54, 1.807) is 0 Å². The number of hydrogen-bond donors (Lipinski definition) is 0. The van der Waals surface area contributed by atoms with E-state index in [1.165, 1.54) is 21.9 Å². The Morgan fingerprint density at radius 1 is 0.396 bits per heavy atom. The Morgan fingerprint density at radius 2 is 1.04 bits per heavy atom. The van der Waals surface area contributed by atoms with Gasteiger partial charge in [0.15, 0.2) is 0 Å². The van der Waals surface area contributed by atoms with Gasteiger partial charge in [-0.3, -0.25) is 4.57 Å². The predicted octanol–water partition coefficient (Wildman–Crippen LogP) is 13.0. The number of rotatable bonds is 5. The second kappa shape index (κ2) is 11.7. The zero-order valence-corrected chi connectivity index (χ0v) is 28.6. The number of para-hydroxylation sites is 5. The Morgan fingerprint density at radius 3 is 1.89 bits per heavy atom. The lowest BCUT2D eigenvalue weighted by Crippen LogP contribution is -1.99. The smallest absolute Gasteiger partial charge is 0.145 e. The maximum Gasteiger partial charge on any atom is 0.145 e. The van der Waals surface area contributed by atoms with E-state index in [-0.39, 0.29) is 0 Å². The fourth-order valence-electron chi connectivity index (χ4n) is 8.15. The molecular formula is C49H31N3O. The lowest BCUT2D eigenvalue weighted by atomic mass is 10.0. The van der Waals surface area contributed by atoms with Crippen LogP contribution in [-0.4, -0.2) is 14.1 Å². The number of hydrogen-bond acceptors (Lipinski definition) is 2. The zero-order valence-electron chi connectivity index (χ0n) is 28.6. The number of benzene rings is 8. The van der Waals surface area contributed by atoms with Crippen molar-refractivity contribution in [1.29, 1.82) is 0 Å². The van der Waals surface area contributed by atoms with Crippen LogP contribution in [0.4, 0.5) is 0 Å². The molecule has 248 valence electrons. The first-order chi connectivity index (χ1) is 26.3. The van der Waals surface area contributed by atoms with Crippen molar-refractivity contribution in [2.45, 2.75) is 0 Å². The first-order valence-corrected chi connectivity index (χ1v) is 18.0. The molecule has 8 aromatic carbocycles. The number of furan rings is 1. The summed E-state index contributed by atoms with van der Waals surface area (Å²) < 4.78 is 11.1. The van der Waals surface area contributed by atoms with Gasteiger partial charge in [-0.1, -0.05) is 121 Å². The Hall–Kier alpha value is -7.17. The summed E-state index contributed by atoms with van der Waals surface area (Å²) in [4.78, 5) is 5.26. The van der Waals surface area contributed by atoms with Crippen molar-refractivity contribution in [3.05, 3.63) is 188 Å². The van der Waals surface area contributed by atoms with E-state index < -0.39 is 0 Å². The van der Waals surface area contributed by atoms with Crippen LogP contribution in [0.25, 0.3) is 99.8 Å². The molecule has 11 aromatic rings. The molecule has 0 N–H and O–H groups in total. The van der Waals surface area contributed by atoms with Crippen LogP contribution in [0.2, 0.25) is 0 Å². The van der Waals surface area contributed by atoms with E-state index in [4.69, 9.17) is 9.40 Å². The normalized spacial score (nSPS) is 11.8. The molecule has 4 nitrogen and oxygen atoms in total. The third-order valence-electron chi connectivity index (χ3n) is 10.5. The van der Waals surface area contributed by atoms with Gasteiger partial charge in [0.2, 0.25) is 0 Å². The average molecular weight is 678 g/mol. The molecule has 0 aliphatic carbocycles. The van der Waals surface area contributed by atoms with Crippen molar-refractivity contribution in [3.8, 4) is 45.0 Å². The van der Waals surface area contributed by atoms with Crippen molar-refractivity contribution in [1.82, 2.24) is 14.1 Å². The van der Waals surface area contributed by atoms with Gasteiger partial charge in [0.25, 0.3) is 0 Å². The minimum Gasteiger partial charge on any atom is -0.455 e. The van der Waals surface area contributed by atoms with Crippen LogP contribution in [0, 0.1) is 0 Å². The van der Waals surface area contributed by atoms with Crippen LogP contribution in [0.1, 0.15) is 0 Å². The summed E-state index contributed by atoms with van der Waals surface area (Å²) in [5.74, 6) is 0.910. The van der Waals surface area contributed by atoms with Crippen molar-refractivity contribution in [2.24, 2.45) is 0 Å². The highest BCUT2D eigenvalue weighted by atomic mass is 16.3. The van der Waals surface area contributed by atoms with Crippen LogP contribution >= 0.6 is 0 Å². The molecule has 0 bridgehead atoms. The van der Waals surface area contributed by atoms with Gasteiger partial charge in [0.1, 0.15) is 17.0 Å². The molecule has 0 radical (unpaired) electrons. The molecular weight excluding hydrogens is 647 g/mol. The Balaban J connectivity index is 1.06. The predicted molar refractivity (Wildman–Crippen MR) is 219 cm³/mol. The van der Waals surface area contributed by atoms with Gasteiger partial charge in [-0.2, -0.15) is 0 Å². The lowest BCUT2D eigenvalue weighted by Gasteiger charge is -2.13. The van der Waals surface area contributed by atoms with Gasteiger partial charge in [-0.25, -0.2) is 4.98 Å². The van der Waals surface area contributed by atoms with Gasteiger partial charge < -0.3 is 8.98 Å². The third-order valence-corrected chi connectivity index (χ3v) is 10.5. The van der Waals surface area contributed by atoms with E-state index in [2.05, 4.69) is 185 Å². The maximum atomic E-state index is 6.43. The van der Waals surface area contributed by atoms with Crippen LogP contribution in [0.5, 0.6) is 0 Å². The fourth-order valence-corrected chi connectivity index (χ4v) is 8.15. The second-order valence-corrected chi connectivity index (χ2v) is 13.6. The molecule has 3 aromatic heterocycles. The standard InChI is InChI=1S/C49H31N3O/c1-3-13-32(14-4-1)37-19-12-22-43-47(37)52(35-15-5-2-6-16-35)49(50-43)33-25-28-36(29-26-33)51-44-23-9-7-17-39(44)42-31-34(27-30-45(42)51)38-20-11-21-41-40-18-8-10-24-46(40)53-48(38)41/h1-31H. The molecule has 0 atom stereocenters. The molecule has 11 rings (SSSR count). The van der Waals surface area contributed by atoms with Gasteiger partial charge >= 0.3 is 0 Å². The maximum absolute atomic E-state index is 6.43. The van der Waals surface area contributed by atoms with Crippen LogP contribution in [0.3, 0.4) is 0 Å². The third kappa shape index (κ3) is 4.59. The van der Waals surface area contributed by atoms with Crippen molar-refractivity contribution >= 4 is 54.8 Å². The first kappa shape index (κ1) is 29.5. The monoisotopic (exact) mass is 677 g/mol. The van der Waals surface area contributed by atoms with E-state index in [0.717, 1.165) is 77.9 Å². The van der Waals surface area contributed by atoms with Crippen LogP contribution in [0.15, 0.2) is 192 Å². The summed E-state index contributed by atoms with van der Waals surface area (Å²) in [6.07, 6.45) is 0. The van der Waals surface area contributed by atoms with Crippen molar-refractivity contribution in [2.75, 3.05) is 0 Å². The van der Waals surface area contributed by atoms with Gasteiger partial charge in [0, 0.05) is 49.6 Å². The molecule has 53 heavy (non-hydrogen) atoms. The Bertz CT molecular complexity index is 3150. The number of imidazole rings is 1. The minimum absolute atomic E-state index is 0.909. The summed E-state index contributed by atoms with van der Waals surface area (Å²) >= 11 is 0. The summed E-state index contributed by atoms with van der Waals surface area (Å²) in [6, 6.07) is 66.5. The van der Waals surface area contributed by atoms with Gasteiger partial charge in [-0.05, 0) is 77.9 Å². The Labute approximate surface area is 305 Å². The van der Waals surface area contributed by atoms with E-state index in [9.17, 15) is 0 Å². The Kier molecular flexibility index (Phi) is 6.52. The highest BCUT2D eigenvalue weighted by Crippen LogP contribution is 2.40. The number of nitrogens with zero attached hydrogens (tertiary/aromatic N) is 3. The van der Waals surface area contributed by atoms with E-state index >= 15 is 0 Å². The first-order valence-electron chi connectivity index (χ1n) is 18.0. The summed E-state index contributed by atoms with van der Waals surface area (Å²) in [5, 5.41) is 4.69. The quantitative estimate of drug-likeness (QED) is 0.182. The highest BCUT2D eigenvalue weighted by Gasteiger charge is 2.20. The SMILES string of the molecule is c1ccc(-c2cccc3nc(-c4ccc(-n5c6ccccc6c6cc(-c7cccc8c7oc7ccccc78)ccc65)cc4)n(-c4ccccc4)c23)cc1. The van der Waals surface area contributed by atoms with Crippen molar-refractivity contribution < 1.29 is 4.42 Å². The molecule has 0 unspecified atom stereocenters. The van der Waals surface area contributed by atoms with Gasteiger partial charge in [-0.15, -0.1) is 0 Å². The molecule has 0 aliphatic heterocycles. The number of aromatic nitrogens is 3. The second-order valence-electron chi connectivity index (χ2n) is 13.6. The molecule has 3 heterocycles. The fraction of sp³-hybridized carbons (Fsp3) is 0. The average Bonchev–Trinajstić information content (AvgIpc) is 3.91. The molecule has 4 heteroatoms. The molecule has 0 fully saturated rings. The molecule has 0 spiro atoms. The zero-order chi connectivity index (χ0) is 34.9. The van der Waals surface area contributed by atoms with Crippen LogP contribution < -0.4 is 0 Å². The van der Waals surface area contributed by atoms with Gasteiger partial charge in [0.05, 0.1) is 22.1 Å². The molecule has 0 saturated carbocycles. The summed E-state index contributed by atoms with van der Waals surface area (Å²) in [6.45, 7) is 0. The van der Waals surface area contributed by atoms with Crippen LogP contribution in [-0.2, 0) is 0 Å². The molecule has 0 amide bonds. The van der Waals surface area contributed by atoms with E-state index in [1.807, 2.05) is 12.1 Å².